The number of nitrogens with zero attached hydrogens (tertiary/aromatic N) is 2. The van der Waals surface area contributed by atoms with E-state index in [0.29, 0.717) is 29.4 Å². The van der Waals surface area contributed by atoms with Gasteiger partial charge in [0, 0.05) is 54.1 Å². The maximum atomic E-state index is 12.6. The van der Waals surface area contributed by atoms with Crippen LogP contribution in [0, 0.1) is 5.92 Å². The standard InChI is InChI=1S/C26H31ClN4O3/c27-21-9-11-23(12-10-21)30-13-15-31(16-14-30)24(32)18-28-25(33)20-7-4-8-22(17-20)29-26(34)19-5-2-1-3-6-19/h4,7-12,17,19H,1-3,5-6,13-16,18H2,(H,28,33)(H,29,34). The van der Waals surface area contributed by atoms with Gasteiger partial charge in [-0.05, 0) is 55.3 Å². The lowest BCUT2D eigenvalue weighted by atomic mass is 9.88. The number of hydrogen-bond acceptors (Lipinski definition) is 4. The number of carbonyl (C=O) groups excluding carboxylic acids is 3. The highest BCUT2D eigenvalue weighted by Crippen LogP contribution is 2.25. The van der Waals surface area contributed by atoms with Crippen molar-refractivity contribution in [1.29, 1.82) is 0 Å². The van der Waals surface area contributed by atoms with Gasteiger partial charge in [-0.15, -0.1) is 0 Å². The molecule has 34 heavy (non-hydrogen) atoms. The number of piperazine rings is 1. The van der Waals surface area contributed by atoms with Gasteiger partial charge in [0.15, 0.2) is 0 Å². The number of hydrogen-bond donors (Lipinski definition) is 2. The summed E-state index contributed by atoms with van der Waals surface area (Å²) in [7, 11) is 0. The van der Waals surface area contributed by atoms with Crippen molar-refractivity contribution < 1.29 is 14.4 Å². The number of nitrogens with one attached hydrogen (secondary N) is 2. The molecule has 7 nitrogen and oxygen atoms in total. The molecule has 2 aromatic carbocycles. The van der Waals surface area contributed by atoms with Crippen LogP contribution in [0.5, 0.6) is 0 Å². The van der Waals surface area contributed by atoms with E-state index in [9.17, 15) is 14.4 Å². The molecule has 2 aromatic rings. The molecule has 1 aliphatic carbocycles. The average Bonchev–Trinajstić information content (AvgIpc) is 2.88. The van der Waals surface area contributed by atoms with Crippen LogP contribution in [0.4, 0.5) is 11.4 Å². The maximum absolute atomic E-state index is 12.6. The summed E-state index contributed by atoms with van der Waals surface area (Å²) in [6.07, 6.45) is 5.20. The Bertz CT molecular complexity index is 1010. The van der Waals surface area contributed by atoms with Crippen LogP contribution in [0.15, 0.2) is 48.5 Å². The first-order chi connectivity index (χ1) is 16.5. The molecule has 1 saturated carbocycles. The van der Waals surface area contributed by atoms with Crippen molar-refractivity contribution in [2.45, 2.75) is 32.1 Å². The minimum Gasteiger partial charge on any atom is -0.368 e. The van der Waals surface area contributed by atoms with E-state index in [1.807, 2.05) is 24.3 Å². The van der Waals surface area contributed by atoms with E-state index in [4.69, 9.17) is 11.6 Å². The van der Waals surface area contributed by atoms with Crippen molar-refractivity contribution >= 4 is 40.7 Å². The third-order valence-corrected chi connectivity index (χ3v) is 6.84. The Labute approximate surface area is 205 Å². The number of halogens is 1. The fraction of sp³-hybridized carbons (Fsp3) is 0.423. The largest absolute Gasteiger partial charge is 0.368 e. The Morgan fingerprint density at radius 1 is 0.912 bits per heavy atom. The highest BCUT2D eigenvalue weighted by molar-refractivity contribution is 6.30. The molecule has 4 rings (SSSR count). The molecule has 180 valence electrons. The summed E-state index contributed by atoms with van der Waals surface area (Å²) in [5.41, 5.74) is 2.11. The van der Waals surface area contributed by atoms with Crippen molar-refractivity contribution in [1.82, 2.24) is 10.2 Å². The van der Waals surface area contributed by atoms with Gasteiger partial charge < -0.3 is 20.4 Å². The van der Waals surface area contributed by atoms with E-state index in [1.165, 1.54) is 6.42 Å². The second-order valence-corrected chi connectivity index (χ2v) is 9.37. The lowest BCUT2D eigenvalue weighted by molar-refractivity contribution is -0.130. The smallest absolute Gasteiger partial charge is 0.251 e. The van der Waals surface area contributed by atoms with Crippen molar-refractivity contribution in [2.75, 3.05) is 42.9 Å². The van der Waals surface area contributed by atoms with E-state index >= 15 is 0 Å². The zero-order valence-corrected chi connectivity index (χ0v) is 20.0. The van der Waals surface area contributed by atoms with Gasteiger partial charge in [0.25, 0.3) is 5.91 Å². The van der Waals surface area contributed by atoms with Crippen LogP contribution in [0.25, 0.3) is 0 Å². The zero-order chi connectivity index (χ0) is 23.9. The van der Waals surface area contributed by atoms with Crippen molar-refractivity contribution in [3.63, 3.8) is 0 Å². The third kappa shape index (κ3) is 6.29. The number of amides is 3. The molecule has 0 atom stereocenters. The molecule has 1 saturated heterocycles. The molecule has 2 N–H and O–H groups in total. The number of benzene rings is 2. The Kier molecular flexibility index (Phi) is 8.06. The van der Waals surface area contributed by atoms with Gasteiger partial charge in [0.1, 0.15) is 0 Å². The topological polar surface area (TPSA) is 81.8 Å². The highest BCUT2D eigenvalue weighted by atomic mass is 35.5. The molecule has 3 amide bonds. The molecule has 2 fully saturated rings. The molecule has 0 unspecified atom stereocenters. The first-order valence-electron chi connectivity index (χ1n) is 12.0. The normalized spacial score (nSPS) is 16.7. The Balaban J connectivity index is 1.24. The van der Waals surface area contributed by atoms with Crippen LogP contribution in [0.1, 0.15) is 42.5 Å². The number of anilines is 2. The SMILES string of the molecule is O=C(NCC(=O)N1CCN(c2ccc(Cl)cc2)CC1)c1cccc(NC(=O)C2CCCCC2)c1. The predicted molar refractivity (Wildman–Crippen MR) is 134 cm³/mol. The summed E-state index contributed by atoms with van der Waals surface area (Å²) in [4.78, 5) is 41.7. The summed E-state index contributed by atoms with van der Waals surface area (Å²) in [5, 5.41) is 6.36. The first kappa shape index (κ1) is 24.1. The Morgan fingerprint density at radius 3 is 2.32 bits per heavy atom. The summed E-state index contributed by atoms with van der Waals surface area (Å²) >= 11 is 5.96. The van der Waals surface area contributed by atoms with Crippen molar-refractivity contribution in [3.8, 4) is 0 Å². The molecule has 2 aliphatic rings. The Morgan fingerprint density at radius 2 is 1.62 bits per heavy atom. The first-order valence-corrected chi connectivity index (χ1v) is 12.3. The third-order valence-electron chi connectivity index (χ3n) is 6.59. The van der Waals surface area contributed by atoms with Gasteiger partial charge in [-0.2, -0.15) is 0 Å². The van der Waals surface area contributed by atoms with Crippen LogP contribution in [0.3, 0.4) is 0 Å². The predicted octanol–water partition coefficient (Wildman–Crippen LogP) is 3.94. The van der Waals surface area contributed by atoms with E-state index in [2.05, 4.69) is 15.5 Å². The minimum atomic E-state index is -0.332. The summed E-state index contributed by atoms with van der Waals surface area (Å²) < 4.78 is 0. The van der Waals surface area contributed by atoms with Crippen LogP contribution in [-0.4, -0.2) is 55.3 Å². The van der Waals surface area contributed by atoms with Gasteiger partial charge in [-0.1, -0.05) is 36.9 Å². The second kappa shape index (κ2) is 11.4. The van der Waals surface area contributed by atoms with Gasteiger partial charge in [0.2, 0.25) is 11.8 Å². The highest BCUT2D eigenvalue weighted by Gasteiger charge is 2.23. The summed E-state index contributed by atoms with van der Waals surface area (Å²) in [6.45, 7) is 2.59. The van der Waals surface area contributed by atoms with Crippen LogP contribution in [0.2, 0.25) is 5.02 Å². The lowest BCUT2D eigenvalue weighted by Crippen LogP contribution is -2.51. The Hall–Kier alpha value is -3.06. The van der Waals surface area contributed by atoms with Crippen LogP contribution < -0.4 is 15.5 Å². The zero-order valence-electron chi connectivity index (χ0n) is 19.3. The fourth-order valence-electron chi connectivity index (χ4n) is 4.58. The number of rotatable bonds is 6. The van der Waals surface area contributed by atoms with E-state index < -0.39 is 0 Å². The summed E-state index contributed by atoms with van der Waals surface area (Å²) in [5.74, 6) is -0.373. The molecule has 0 radical (unpaired) electrons. The quantitative estimate of drug-likeness (QED) is 0.653. The lowest BCUT2D eigenvalue weighted by Gasteiger charge is -2.36. The second-order valence-electron chi connectivity index (χ2n) is 8.93. The van der Waals surface area contributed by atoms with Gasteiger partial charge in [0.05, 0.1) is 6.54 Å². The molecular weight excluding hydrogens is 452 g/mol. The van der Waals surface area contributed by atoms with Gasteiger partial charge in [-0.25, -0.2) is 0 Å². The fourth-order valence-corrected chi connectivity index (χ4v) is 4.71. The van der Waals surface area contributed by atoms with Gasteiger partial charge in [-0.3, -0.25) is 14.4 Å². The molecule has 0 aromatic heterocycles. The van der Waals surface area contributed by atoms with Crippen LogP contribution >= 0.6 is 11.6 Å². The molecule has 8 heteroatoms. The van der Waals surface area contributed by atoms with E-state index in [-0.39, 0.29) is 30.2 Å². The van der Waals surface area contributed by atoms with Gasteiger partial charge >= 0.3 is 0 Å². The molecular formula is C26H31ClN4O3. The molecule has 0 bridgehead atoms. The maximum Gasteiger partial charge on any atom is 0.251 e. The van der Waals surface area contributed by atoms with Crippen LogP contribution in [-0.2, 0) is 9.59 Å². The molecule has 1 heterocycles. The van der Waals surface area contributed by atoms with E-state index in [1.54, 1.807) is 29.2 Å². The van der Waals surface area contributed by atoms with Crippen molar-refractivity contribution in [2.24, 2.45) is 5.92 Å². The number of carbonyl (C=O) groups is 3. The average molecular weight is 483 g/mol. The molecule has 0 spiro atoms. The monoisotopic (exact) mass is 482 g/mol. The van der Waals surface area contributed by atoms with E-state index in [0.717, 1.165) is 44.5 Å². The summed E-state index contributed by atoms with van der Waals surface area (Å²) in [6, 6.07) is 14.5. The molecule has 1 aliphatic heterocycles. The minimum absolute atomic E-state index is 0.0187. The van der Waals surface area contributed by atoms with Crippen molar-refractivity contribution in [3.05, 3.63) is 59.1 Å².